The molecule has 0 fully saturated rings. The summed E-state index contributed by atoms with van der Waals surface area (Å²) in [6, 6.07) is 0.807. The van der Waals surface area contributed by atoms with Gasteiger partial charge in [-0.1, -0.05) is 6.58 Å². The molecule has 22 heavy (non-hydrogen) atoms. The number of hydrogen-bond donors (Lipinski definition) is 2. The topological polar surface area (TPSA) is 168 Å². The van der Waals surface area contributed by atoms with Crippen LogP contribution >= 0.6 is 0 Å². The van der Waals surface area contributed by atoms with Crippen LogP contribution in [0.25, 0.3) is 0 Å². The van der Waals surface area contributed by atoms with Gasteiger partial charge in [0, 0.05) is 12.5 Å². The molecule has 10 nitrogen and oxygen atoms in total. The molecule has 1 aromatic rings. The predicted octanol–water partition coefficient (Wildman–Crippen LogP) is 0.811. The molecule has 0 atom stereocenters. The van der Waals surface area contributed by atoms with Crippen molar-refractivity contribution in [1.82, 2.24) is 0 Å². The van der Waals surface area contributed by atoms with Crippen molar-refractivity contribution in [2.24, 2.45) is 10.2 Å². The van der Waals surface area contributed by atoms with Gasteiger partial charge in [-0.3, -0.25) is 9.11 Å². The summed E-state index contributed by atoms with van der Waals surface area (Å²) in [6.07, 6.45) is 0. The van der Waals surface area contributed by atoms with Crippen molar-refractivity contribution in [1.29, 1.82) is 0 Å². The van der Waals surface area contributed by atoms with Crippen LogP contribution < -0.4 is 0 Å². The number of hydrogen-bond acceptors (Lipinski definition) is 8. The van der Waals surface area contributed by atoms with Crippen LogP contribution in [0.5, 0.6) is 0 Å². The van der Waals surface area contributed by atoms with E-state index < -0.39 is 50.4 Å². The monoisotopic (exact) mass is 370 g/mol. The Balaban J connectivity index is 4.12. The molecule has 0 unspecified atom stereocenters. The summed E-state index contributed by atoms with van der Waals surface area (Å²) in [6.45, 7) is 2.99. The molecule has 0 saturated heterocycles. The van der Waals surface area contributed by atoms with E-state index >= 15 is 0 Å². The third-order valence-corrected chi connectivity index (χ3v) is 5.61. The quantitative estimate of drug-likeness (QED) is 0.567. The molecule has 0 aliphatic carbocycles. The molecule has 0 aromatic heterocycles. The summed E-state index contributed by atoms with van der Waals surface area (Å²) in [5.74, 6) is 0. The van der Waals surface area contributed by atoms with Gasteiger partial charge in [-0.25, -0.2) is 8.42 Å². The number of nitrogens with zero attached hydrogens (tertiary/aromatic N) is 2. The van der Waals surface area contributed by atoms with Crippen LogP contribution in [0.2, 0.25) is 0 Å². The Labute approximate surface area is 126 Å². The fourth-order valence-corrected chi connectivity index (χ4v) is 4.18. The highest BCUT2D eigenvalue weighted by atomic mass is 32.2. The normalized spacial score (nSPS) is 13.4. The summed E-state index contributed by atoms with van der Waals surface area (Å²) in [7, 11) is -13.3. The van der Waals surface area contributed by atoms with Crippen LogP contribution in [-0.2, 0) is 30.1 Å². The molecule has 1 aromatic carbocycles. The second-order valence-electron chi connectivity index (χ2n) is 3.73. The maximum Gasteiger partial charge on any atom is 0.296 e. The number of rotatable bonds is 5. The zero-order valence-electron chi connectivity index (χ0n) is 10.9. The fraction of sp³-hybridized carbons (Fsp3) is 0.111. The molecular weight excluding hydrogens is 360 g/mol. The largest absolute Gasteiger partial charge is 0.296 e. The summed E-state index contributed by atoms with van der Waals surface area (Å²) in [5.41, 5.74) is -0.627. The highest BCUT2D eigenvalue weighted by molar-refractivity contribution is 7.95. The second kappa shape index (κ2) is 5.85. The summed E-state index contributed by atoms with van der Waals surface area (Å²) < 4.78 is 86.8. The Kier molecular flexibility index (Phi) is 4.88. The minimum Gasteiger partial charge on any atom is -0.282 e. The van der Waals surface area contributed by atoms with Crippen molar-refractivity contribution in [2.45, 2.75) is 14.7 Å². The van der Waals surface area contributed by atoms with Crippen molar-refractivity contribution in [3.8, 4) is 0 Å². The summed E-state index contributed by atoms with van der Waals surface area (Å²) >= 11 is 0. The molecule has 13 heteroatoms. The SMILES string of the molecule is C=CS(=O)(=O)c1cc(N=NC)c(S(=O)(=O)O)cc1S(=O)(=O)O. The van der Waals surface area contributed by atoms with E-state index in [4.69, 9.17) is 9.11 Å². The molecule has 0 heterocycles. The van der Waals surface area contributed by atoms with Crippen molar-refractivity contribution in [2.75, 3.05) is 7.05 Å². The van der Waals surface area contributed by atoms with Gasteiger partial charge in [0.15, 0.2) is 0 Å². The molecule has 0 radical (unpaired) electrons. The zero-order chi connectivity index (χ0) is 17.3. The maximum atomic E-state index is 11.8. The number of azo groups is 1. The van der Waals surface area contributed by atoms with E-state index in [2.05, 4.69) is 16.8 Å². The Morgan fingerprint density at radius 1 is 0.955 bits per heavy atom. The lowest BCUT2D eigenvalue weighted by molar-refractivity contribution is 0.478. The highest BCUT2D eigenvalue weighted by Crippen LogP contribution is 2.33. The smallest absolute Gasteiger partial charge is 0.282 e. The van der Waals surface area contributed by atoms with Gasteiger partial charge in [-0.05, 0) is 12.1 Å². The first-order chi connectivity index (χ1) is 9.84. The lowest BCUT2D eigenvalue weighted by Crippen LogP contribution is -2.10. The fourth-order valence-electron chi connectivity index (χ4n) is 1.44. The molecule has 0 bridgehead atoms. The van der Waals surface area contributed by atoms with Gasteiger partial charge in [-0.2, -0.15) is 27.1 Å². The van der Waals surface area contributed by atoms with E-state index in [9.17, 15) is 25.3 Å². The van der Waals surface area contributed by atoms with Crippen molar-refractivity contribution in [3.63, 3.8) is 0 Å². The third kappa shape index (κ3) is 3.75. The molecule has 0 spiro atoms. The molecule has 0 saturated carbocycles. The van der Waals surface area contributed by atoms with E-state index in [-0.39, 0.29) is 6.07 Å². The minimum absolute atomic E-state index is 0.269. The van der Waals surface area contributed by atoms with E-state index in [1.54, 1.807) is 0 Å². The van der Waals surface area contributed by atoms with Gasteiger partial charge in [0.2, 0.25) is 9.84 Å². The molecule has 0 amide bonds. The molecule has 0 aliphatic heterocycles. The van der Waals surface area contributed by atoms with Gasteiger partial charge in [0.1, 0.15) is 15.5 Å². The average Bonchev–Trinajstić information content (AvgIpc) is 2.36. The zero-order valence-corrected chi connectivity index (χ0v) is 13.4. The Morgan fingerprint density at radius 2 is 1.45 bits per heavy atom. The molecule has 2 N–H and O–H groups in total. The van der Waals surface area contributed by atoms with Gasteiger partial charge >= 0.3 is 0 Å². The van der Waals surface area contributed by atoms with Crippen LogP contribution in [0.15, 0.2) is 49.0 Å². The molecule has 0 aliphatic rings. The van der Waals surface area contributed by atoms with Gasteiger partial charge < -0.3 is 0 Å². The van der Waals surface area contributed by atoms with Gasteiger partial charge in [0.05, 0.1) is 4.90 Å². The predicted molar refractivity (Wildman–Crippen MR) is 73.9 cm³/mol. The summed E-state index contributed by atoms with van der Waals surface area (Å²) in [4.78, 5) is -3.23. The van der Waals surface area contributed by atoms with Crippen LogP contribution in [-0.4, -0.2) is 41.4 Å². The first-order valence-corrected chi connectivity index (χ1v) is 9.57. The lowest BCUT2D eigenvalue weighted by atomic mass is 10.3. The van der Waals surface area contributed by atoms with Gasteiger partial charge in [-0.15, -0.1) is 0 Å². The van der Waals surface area contributed by atoms with Crippen molar-refractivity contribution >= 4 is 35.8 Å². The first-order valence-electron chi connectivity index (χ1n) is 5.15. The molecular formula is C9H10N2O8S3. The Morgan fingerprint density at radius 3 is 1.82 bits per heavy atom. The third-order valence-electron chi connectivity index (χ3n) is 2.31. The number of sulfone groups is 1. The van der Waals surface area contributed by atoms with Crippen LogP contribution in [0.3, 0.4) is 0 Å². The summed E-state index contributed by atoms with van der Waals surface area (Å²) in [5, 5.41) is 6.95. The van der Waals surface area contributed by atoms with E-state index in [0.717, 1.165) is 7.05 Å². The van der Waals surface area contributed by atoms with Crippen LogP contribution in [0.1, 0.15) is 0 Å². The number of benzene rings is 1. The van der Waals surface area contributed by atoms with E-state index in [1.807, 2.05) is 0 Å². The highest BCUT2D eigenvalue weighted by Gasteiger charge is 2.29. The standard InChI is InChI=1S/C9H10N2O8S3/c1-3-20(12,13)8-4-6(11-10-2)7(21(14,15)16)5-9(8)22(17,18)19/h3-5H,1H2,2H3,(H,14,15,16)(H,17,18,19). The first kappa shape index (κ1) is 18.4. The second-order valence-corrected chi connectivity index (χ2v) is 8.37. The Bertz CT molecular complexity index is 958. The van der Waals surface area contributed by atoms with Crippen molar-refractivity contribution < 1.29 is 34.4 Å². The van der Waals surface area contributed by atoms with E-state index in [0.29, 0.717) is 11.5 Å². The van der Waals surface area contributed by atoms with Gasteiger partial charge in [0.25, 0.3) is 20.2 Å². The lowest BCUT2D eigenvalue weighted by Gasteiger charge is -2.09. The molecule has 122 valence electrons. The Hall–Kier alpha value is -1.67. The van der Waals surface area contributed by atoms with E-state index in [1.165, 1.54) is 0 Å². The minimum atomic E-state index is -5.12. The maximum absolute atomic E-state index is 11.8. The van der Waals surface area contributed by atoms with Crippen LogP contribution in [0, 0.1) is 0 Å². The average molecular weight is 370 g/mol. The van der Waals surface area contributed by atoms with Crippen molar-refractivity contribution in [3.05, 3.63) is 24.1 Å². The molecule has 1 rings (SSSR count). The van der Waals surface area contributed by atoms with Crippen LogP contribution in [0.4, 0.5) is 5.69 Å².